The number of carboxylic acid groups (broad SMARTS) is 1. The molecular weight excluding hydrogens is 244 g/mol. The van der Waals surface area contributed by atoms with E-state index in [1.165, 1.54) is 0 Å². The number of fused-ring (bicyclic) bond motifs is 2. The van der Waals surface area contributed by atoms with Crippen molar-refractivity contribution in [2.45, 2.75) is 6.42 Å². The number of allylic oxidation sites excluding steroid dienone is 2. The van der Waals surface area contributed by atoms with Gasteiger partial charge >= 0.3 is 5.97 Å². The molecule has 0 aliphatic heterocycles. The number of anilines is 1. The van der Waals surface area contributed by atoms with E-state index in [1.807, 2.05) is 12.2 Å². The quantitative estimate of drug-likeness (QED) is 0.806. The van der Waals surface area contributed by atoms with Gasteiger partial charge in [-0.3, -0.25) is 14.6 Å². The first-order valence-electron chi connectivity index (χ1n) is 6.29. The number of hydrogen-bond donors (Lipinski definition) is 2. The first-order valence-corrected chi connectivity index (χ1v) is 6.29. The second-order valence-corrected chi connectivity index (χ2v) is 5.07. The Morgan fingerprint density at radius 2 is 2.00 bits per heavy atom. The van der Waals surface area contributed by atoms with Crippen molar-refractivity contribution in [1.29, 1.82) is 0 Å². The largest absolute Gasteiger partial charge is 0.481 e. The SMILES string of the molecule is O=C(O)C1C(C(=O)Nc2cccnc2)[C@H]2C=C[C@@H]1C2. The van der Waals surface area contributed by atoms with Crippen LogP contribution in [0.25, 0.3) is 0 Å². The van der Waals surface area contributed by atoms with Crippen LogP contribution in [-0.4, -0.2) is 22.0 Å². The minimum atomic E-state index is -0.886. The summed E-state index contributed by atoms with van der Waals surface area (Å²) in [5.74, 6) is -2.16. The lowest BCUT2D eigenvalue weighted by Crippen LogP contribution is -2.36. The van der Waals surface area contributed by atoms with Crippen LogP contribution in [0.4, 0.5) is 5.69 Å². The zero-order valence-corrected chi connectivity index (χ0v) is 10.2. The third-order valence-electron chi connectivity index (χ3n) is 3.98. The van der Waals surface area contributed by atoms with Gasteiger partial charge in [-0.05, 0) is 30.4 Å². The van der Waals surface area contributed by atoms with E-state index in [-0.39, 0.29) is 17.7 Å². The summed E-state index contributed by atoms with van der Waals surface area (Å²) in [6.07, 6.45) is 7.84. The van der Waals surface area contributed by atoms with Crippen molar-refractivity contribution in [3.8, 4) is 0 Å². The molecule has 1 aromatic rings. The molecule has 2 bridgehead atoms. The molecule has 1 heterocycles. The Balaban J connectivity index is 1.79. The van der Waals surface area contributed by atoms with Gasteiger partial charge in [0.25, 0.3) is 0 Å². The highest BCUT2D eigenvalue weighted by Gasteiger charge is 2.51. The van der Waals surface area contributed by atoms with Crippen LogP contribution in [0.15, 0.2) is 36.7 Å². The molecule has 4 atom stereocenters. The van der Waals surface area contributed by atoms with Crippen molar-refractivity contribution in [3.05, 3.63) is 36.7 Å². The molecule has 2 aliphatic carbocycles. The van der Waals surface area contributed by atoms with Crippen molar-refractivity contribution >= 4 is 17.6 Å². The van der Waals surface area contributed by atoms with Gasteiger partial charge in [-0.15, -0.1) is 0 Å². The highest BCUT2D eigenvalue weighted by atomic mass is 16.4. The van der Waals surface area contributed by atoms with Crippen molar-refractivity contribution in [2.24, 2.45) is 23.7 Å². The maximum Gasteiger partial charge on any atom is 0.307 e. The van der Waals surface area contributed by atoms with Crippen LogP contribution in [0.1, 0.15) is 6.42 Å². The van der Waals surface area contributed by atoms with Crippen molar-refractivity contribution in [2.75, 3.05) is 5.32 Å². The Bertz CT molecular complexity index is 541. The molecule has 98 valence electrons. The summed E-state index contributed by atoms with van der Waals surface area (Å²) in [6.45, 7) is 0. The number of aromatic nitrogens is 1. The van der Waals surface area contributed by atoms with E-state index in [2.05, 4.69) is 10.3 Å². The van der Waals surface area contributed by atoms with Crippen molar-refractivity contribution in [1.82, 2.24) is 4.98 Å². The number of pyridine rings is 1. The Labute approximate surface area is 110 Å². The molecule has 1 aromatic heterocycles. The van der Waals surface area contributed by atoms with Crippen LogP contribution in [-0.2, 0) is 9.59 Å². The molecule has 3 rings (SSSR count). The first-order chi connectivity index (χ1) is 9.16. The fourth-order valence-electron chi connectivity index (χ4n) is 3.18. The molecule has 2 N–H and O–H groups in total. The van der Waals surface area contributed by atoms with Gasteiger partial charge in [-0.25, -0.2) is 0 Å². The second-order valence-electron chi connectivity index (χ2n) is 5.07. The normalized spacial score (nSPS) is 31.4. The molecule has 0 radical (unpaired) electrons. The fraction of sp³-hybridized carbons (Fsp3) is 0.357. The summed E-state index contributed by atoms with van der Waals surface area (Å²) < 4.78 is 0. The molecule has 0 aromatic carbocycles. The number of amides is 1. The minimum Gasteiger partial charge on any atom is -0.481 e. The third kappa shape index (κ3) is 2.01. The van der Waals surface area contributed by atoms with Gasteiger partial charge in [-0.2, -0.15) is 0 Å². The first kappa shape index (κ1) is 11.9. The van der Waals surface area contributed by atoms with Crippen LogP contribution in [0.3, 0.4) is 0 Å². The Morgan fingerprint density at radius 3 is 2.63 bits per heavy atom. The van der Waals surface area contributed by atoms with Crippen LogP contribution < -0.4 is 5.32 Å². The lowest BCUT2D eigenvalue weighted by atomic mass is 9.82. The second kappa shape index (κ2) is 4.50. The predicted molar refractivity (Wildman–Crippen MR) is 68.2 cm³/mol. The number of rotatable bonds is 3. The summed E-state index contributed by atoms with van der Waals surface area (Å²) in [4.78, 5) is 27.5. The molecule has 2 aliphatic rings. The van der Waals surface area contributed by atoms with Gasteiger partial charge < -0.3 is 10.4 Å². The van der Waals surface area contributed by atoms with Gasteiger partial charge in [-0.1, -0.05) is 12.2 Å². The molecule has 1 fully saturated rings. The van der Waals surface area contributed by atoms with Crippen LogP contribution in [0.2, 0.25) is 0 Å². The monoisotopic (exact) mass is 258 g/mol. The minimum absolute atomic E-state index is 0.00727. The third-order valence-corrected chi connectivity index (χ3v) is 3.98. The highest BCUT2D eigenvalue weighted by molar-refractivity contribution is 5.96. The summed E-state index contributed by atoms with van der Waals surface area (Å²) >= 11 is 0. The van der Waals surface area contributed by atoms with E-state index in [9.17, 15) is 14.7 Å². The number of aliphatic carboxylic acids is 1. The van der Waals surface area contributed by atoms with Crippen molar-refractivity contribution < 1.29 is 14.7 Å². The lowest BCUT2D eigenvalue weighted by Gasteiger charge is -2.23. The molecule has 0 spiro atoms. The van der Waals surface area contributed by atoms with Crippen molar-refractivity contribution in [3.63, 3.8) is 0 Å². The molecule has 19 heavy (non-hydrogen) atoms. The van der Waals surface area contributed by atoms with Gasteiger partial charge in [0, 0.05) is 6.20 Å². The zero-order chi connectivity index (χ0) is 13.4. The molecule has 1 amide bonds. The standard InChI is InChI=1S/C14H14N2O3/c17-13(16-10-2-1-5-15-7-10)11-8-3-4-9(6-8)12(11)14(18)19/h1-5,7-9,11-12H,6H2,(H,16,17)(H,18,19)/t8-,9+,11?,12?/m0/s1. The number of nitrogens with one attached hydrogen (secondary N) is 1. The topological polar surface area (TPSA) is 79.3 Å². The van der Waals surface area contributed by atoms with Gasteiger partial charge in [0.2, 0.25) is 5.91 Å². The van der Waals surface area contributed by atoms with Gasteiger partial charge in [0.05, 0.1) is 23.7 Å². The Hall–Kier alpha value is -2.17. The number of carbonyl (C=O) groups is 2. The summed E-state index contributed by atoms with van der Waals surface area (Å²) in [5.41, 5.74) is 0.600. The summed E-state index contributed by atoms with van der Waals surface area (Å²) in [5, 5.41) is 12.0. The molecule has 0 saturated heterocycles. The highest BCUT2D eigenvalue weighted by Crippen LogP contribution is 2.48. The molecule has 2 unspecified atom stereocenters. The van der Waals surface area contributed by atoms with E-state index < -0.39 is 17.8 Å². The number of carboxylic acids is 1. The van der Waals surface area contributed by atoms with E-state index in [1.54, 1.807) is 24.5 Å². The number of nitrogens with zero attached hydrogens (tertiary/aromatic N) is 1. The van der Waals surface area contributed by atoms with Crippen LogP contribution >= 0.6 is 0 Å². The lowest BCUT2D eigenvalue weighted by molar-refractivity contribution is -0.146. The Kier molecular flexibility index (Phi) is 2.81. The van der Waals surface area contributed by atoms with E-state index in [4.69, 9.17) is 0 Å². The fourth-order valence-corrected chi connectivity index (χ4v) is 3.18. The van der Waals surface area contributed by atoms with Crippen LogP contribution in [0, 0.1) is 23.7 Å². The summed E-state index contributed by atoms with van der Waals surface area (Å²) in [7, 11) is 0. The van der Waals surface area contributed by atoms with Gasteiger partial charge in [0.15, 0.2) is 0 Å². The van der Waals surface area contributed by atoms with E-state index >= 15 is 0 Å². The predicted octanol–water partition coefficient (Wildman–Crippen LogP) is 1.54. The number of hydrogen-bond acceptors (Lipinski definition) is 3. The number of carbonyl (C=O) groups excluding carboxylic acids is 1. The van der Waals surface area contributed by atoms with Gasteiger partial charge in [0.1, 0.15) is 0 Å². The molecule has 5 heteroatoms. The summed E-state index contributed by atoms with van der Waals surface area (Å²) in [6, 6.07) is 3.47. The zero-order valence-electron chi connectivity index (χ0n) is 10.2. The van der Waals surface area contributed by atoms with E-state index in [0.29, 0.717) is 5.69 Å². The molecule has 1 saturated carbocycles. The molecular formula is C14H14N2O3. The maximum absolute atomic E-state index is 12.3. The average molecular weight is 258 g/mol. The average Bonchev–Trinajstić information content (AvgIpc) is 2.99. The van der Waals surface area contributed by atoms with Crippen LogP contribution in [0.5, 0.6) is 0 Å². The van der Waals surface area contributed by atoms with E-state index in [0.717, 1.165) is 6.42 Å². The smallest absolute Gasteiger partial charge is 0.307 e. The molecule has 5 nitrogen and oxygen atoms in total. The Morgan fingerprint density at radius 1 is 1.26 bits per heavy atom. The maximum atomic E-state index is 12.3.